The molecule has 0 radical (unpaired) electrons. The van der Waals surface area contributed by atoms with Gasteiger partial charge < -0.3 is 10.6 Å². The molecule has 2 N–H and O–H groups in total. The van der Waals surface area contributed by atoms with Crippen LogP contribution in [0.3, 0.4) is 0 Å². The standard InChI is InChI=1S/C18H25N3/c1-2-9-20-10-12-21(13-11-20)18-8-7-15(14-19)16-5-3-4-6-17(16)18/h3-8H,2,9-14,19H2,1H3. The van der Waals surface area contributed by atoms with Crippen molar-refractivity contribution in [2.45, 2.75) is 19.9 Å². The Bertz CT molecular complexity index is 600. The molecular weight excluding hydrogens is 258 g/mol. The first kappa shape index (κ1) is 14.4. The van der Waals surface area contributed by atoms with Gasteiger partial charge in [-0.1, -0.05) is 37.3 Å². The summed E-state index contributed by atoms with van der Waals surface area (Å²) < 4.78 is 0. The summed E-state index contributed by atoms with van der Waals surface area (Å²) in [7, 11) is 0. The monoisotopic (exact) mass is 283 g/mol. The second kappa shape index (κ2) is 6.46. The molecule has 3 nitrogen and oxygen atoms in total. The van der Waals surface area contributed by atoms with E-state index in [4.69, 9.17) is 5.73 Å². The van der Waals surface area contributed by atoms with E-state index in [0.717, 1.165) is 13.1 Å². The molecular formula is C18H25N3. The van der Waals surface area contributed by atoms with Gasteiger partial charge in [-0.05, 0) is 30.0 Å². The number of hydrogen-bond donors (Lipinski definition) is 1. The lowest BCUT2D eigenvalue weighted by Gasteiger charge is -2.36. The summed E-state index contributed by atoms with van der Waals surface area (Å²) in [4.78, 5) is 5.09. The second-order valence-electron chi connectivity index (χ2n) is 5.82. The van der Waals surface area contributed by atoms with Crippen molar-refractivity contribution >= 4 is 16.5 Å². The van der Waals surface area contributed by atoms with Gasteiger partial charge in [0.2, 0.25) is 0 Å². The van der Waals surface area contributed by atoms with Crippen molar-refractivity contribution in [1.82, 2.24) is 4.90 Å². The van der Waals surface area contributed by atoms with Crippen LogP contribution in [0.5, 0.6) is 0 Å². The van der Waals surface area contributed by atoms with Gasteiger partial charge in [0.15, 0.2) is 0 Å². The molecule has 0 aromatic heterocycles. The Morgan fingerprint density at radius 1 is 0.952 bits per heavy atom. The van der Waals surface area contributed by atoms with Gasteiger partial charge in [-0.3, -0.25) is 4.90 Å². The first-order valence-electron chi connectivity index (χ1n) is 8.01. The van der Waals surface area contributed by atoms with Crippen LogP contribution in [0.4, 0.5) is 5.69 Å². The van der Waals surface area contributed by atoms with Gasteiger partial charge in [0.1, 0.15) is 0 Å². The fraction of sp³-hybridized carbons (Fsp3) is 0.444. The third-order valence-corrected chi connectivity index (χ3v) is 4.46. The molecule has 0 aliphatic carbocycles. The molecule has 0 saturated carbocycles. The molecule has 0 amide bonds. The summed E-state index contributed by atoms with van der Waals surface area (Å²) in [5.41, 5.74) is 8.47. The zero-order valence-electron chi connectivity index (χ0n) is 12.9. The molecule has 1 fully saturated rings. The van der Waals surface area contributed by atoms with Gasteiger partial charge in [-0.2, -0.15) is 0 Å². The van der Waals surface area contributed by atoms with E-state index < -0.39 is 0 Å². The summed E-state index contributed by atoms with van der Waals surface area (Å²) in [6.07, 6.45) is 1.24. The van der Waals surface area contributed by atoms with Crippen molar-refractivity contribution in [2.75, 3.05) is 37.6 Å². The maximum absolute atomic E-state index is 5.88. The van der Waals surface area contributed by atoms with E-state index in [2.05, 4.69) is 53.1 Å². The van der Waals surface area contributed by atoms with Crippen LogP contribution in [0.1, 0.15) is 18.9 Å². The molecule has 3 rings (SSSR count). The Hall–Kier alpha value is -1.58. The second-order valence-corrected chi connectivity index (χ2v) is 5.82. The molecule has 1 heterocycles. The van der Waals surface area contributed by atoms with Crippen molar-refractivity contribution in [3.8, 4) is 0 Å². The zero-order chi connectivity index (χ0) is 14.7. The smallest absolute Gasteiger partial charge is 0.0447 e. The number of fused-ring (bicyclic) bond motifs is 1. The Morgan fingerprint density at radius 2 is 1.67 bits per heavy atom. The highest BCUT2D eigenvalue weighted by atomic mass is 15.3. The highest BCUT2D eigenvalue weighted by Crippen LogP contribution is 2.30. The van der Waals surface area contributed by atoms with E-state index in [9.17, 15) is 0 Å². The summed E-state index contributed by atoms with van der Waals surface area (Å²) in [6, 6.07) is 13.1. The van der Waals surface area contributed by atoms with E-state index in [1.165, 1.54) is 48.1 Å². The van der Waals surface area contributed by atoms with Gasteiger partial charge in [-0.25, -0.2) is 0 Å². The van der Waals surface area contributed by atoms with Crippen molar-refractivity contribution < 1.29 is 0 Å². The lowest BCUT2D eigenvalue weighted by atomic mass is 10.0. The van der Waals surface area contributed by atoms with Crippen LogP contribution in [0.15, 0.2) is 36.4 Å². The Balaban J connectivity index is 1.88. The van der Waals surface area contributed by atoms with Gasteiger partial charge in [0, 0.05) is 43.8 Å². The van der Waals surface area contributed by atoms with Crippen LogP contribution in [0.25, 0.3) is 10.8 Å². The van der Waals surface area contributed by atoms with Crippen LogP contribution in [-0.2, 0) is 6.54 Å². The molecule has 0 unspecified atom stereocenters. The van der Waals surface area contributed by atoms with E-state index >= 15 is 0 Å². The molecule has 1 aliphatic rings. The predicted molar refractivity (Wildman–Crippen MR) is 90.8 cm³/mol. The fourth-order valence-corrected chi connectivity index (χ4v) is 3.33. The molecule has 3 heteroatoms. The third-order valence-electron chi connectivity index (χ3n) is 4.46. The van der Waals surface area contributed by atoms with Crippen LogP contribution in [-0.4, -0.2) is 37.6 Å². The van der Waals surface area contributed by atoms with E-state index in [1.54, 1.807) is 0 Å². The Labute approximate surface area is 127 Å². The topological polar surface area (TPSA) is 32.5 Å². The zero-order valence-corrected chi connectivity index (χ0v) is 12.9. The van der Waals surface area contributed by atoms with Crippen LogP contribution < -0.4 is 10.6 Å². The predicted octanol–water partition coefficient (Wildman–Crippen LogP) is 2.83. The molecule has 0 bridgehead atoms. The molecule has 1 saturated heterocycles. The maximum atomic E-state index is 5.88. The minimum atomic E-state index is 0.602. The number of anilines is 1. The number of rotatable bonds is 4. The van der Waals surface area contributed by atoms with Gasteiger partial charge in [0.25, 0.3) is 0 Å². The summed E-state index contributed by atoms with van der Waals surface area (Å²) in [6.45, 7) is 8.65. The number of hydrogen-bond acceptors (Lipinski definition) is 3. The normalized spacial score (nSPS) is 16.6. The van der Waals surface area contributed by atoms with Crippen LogP contribution in [0.2, 0.25) is 0 Å². The minimum Gasteiger partial charge on any atom is -0.368 e. The SMILES string of the molecule is CCCN1CCN(c2ccc(CN)c3ccccc23)CC1. The number of nitrogens with zero attached hydrogens (tertiary/aromatic N) is 2. The van der Waals surface area contributed by atoms with Gasteiger partial charge in [0.05, 0.1) is 0 Å². The summed E-state index contributed by atoms with van der Waals surface area (Å²) in [5.74, 6) is 0. The lowest BCUT2D eigenvalue weighted by molar-refractivity contribution is 0.258. The number of piperazine rings is 1. The largest absolute Gasteiger partial charge is 0.368 e. The first-order valence-corrected chi connectivity index (χ1v) is 8.01. The average Bonchev–Trinajstić information content (AvgIpc) is 2.55. The average molecular weight is 283 g/mol. The van der Waals surface area contributed by atoms with Crippen molar-refractivity contribution in [3.05, 3.63) is 42.0 Å². The van der Waals surface area contributed by atoms with E-state index in [-0.39, 0.29) is 0 Å². The molecule has 112 valence electrons. The van der Waals surface area contributed by atoms with Crippen LogP contribution >= 0.6 is 0 Å². The molecule has 2 aromatic carbocycles. The number of benzene rings is 2. The van der Waals surface area contributed by atoms with Crippen LogP contribution in [0, 0.1) is 0 Å². The Kier molecular flexibility index (Phi) is 4.42. The quantitative estimate of drug-likeness (QED) is 0.936. The molecule has 1 aliphatic heterocycles. The lowest BCUT2D eigenvalue weighted by Crippen LogP contribution is -2.46. The van der Waals surface area contributed by atoms with Crippen molar-refractivity contribution in [2.24, 2.45) is 5.73 Å². The molecule has 21 heavy (non-hydrogen) atoms. The first-order chi connectivity index (χ1) is 10.3. The summed E-state index contributed by atoms with van der Waals surface area (Å²) in [5, 5.41) is 2.64. The molecule has 0 atom stereocenters. The molecule has 0 spiro atoms. The van der Waals surface area contributed by atoms with Crippen molar-refractivity contribution in [3.63, 3.8) is 0 Å². The minimum absolute atomic E-state index is 0.602. The van der Waals surface area contributed by atoms with Gasteiger partial charge in [-0.15, -0.1) is 0 Å². The van der Waals surface area contributed by atoms with Crippen molar-refractivity contribution in [1.29, 1.82) is 0 Å². The van der Waals surface area contributed by atoms with E-state index in [0.29, 0.717) is 6.54 Å². The third kappa shape index (κ3) is 2.89. The van der Waals surface area contributed by atoms with Gasteiger partial charge >= 0.3 is 0 Å². The number of nitrogens with two attached hydrogens (primary N) is 1. The highest BCUT2D eigenvalue weighted by molar-refractivity contribution is 5.96. The maximum Gasteiger partial charge on any atom is 0.0447 e. The summed E-state index contributed by atoms with van der Waals surface area (Å²) >= 11 is 0. The van der Waals surface area contributed by atoms with E-state index in [1.807, 2.05) is 0 Å². The fourth-order valence-electron chi connectivity index (χ4n) is 3.33. The molecule has 2 aromatic rings. The Morgan fingerprint density at radius 3 is 2.33 bits per heavy atom. The highest BCUT2D eigenvalue weighted by Gasteiger charge is 2.18.